The third-order valence-electron chi connectivity index (χ3n) is 7.65. The lowest BCUT2D eigenvalue weighted by atomic mass is 9.87. The maximum atomic E-state index is 13.9. The average molecular weight is 577 g/mol. The zero-order valence-electron chi connectivity index (χ0n) is 24.8. The van der Waals surface area contributed by atoms with E-state index in [1.54, 1.807) is 23.8 Å². The van der Waals surface area contributed by atoms with E-state index in [2.05, 4.69) is 58.1 Å². The van der Waals surface area contributed by atoms with E-state index in [-0.39, 0.29) is 40.9 Å². The molecule has 8 nitrogen and oxygen atoms in total. The van der Waals surface area contributed by atoms with Crippen molar-refractivity contribution in [2.45, 2.75) is 64.2 Å². The van der Waals surface area contributed by atoms with Crippen molar-refractivity contribution < 1.29 is 19.1 Å². The van der Waals surface area contributed by atoms with Gasteiger partial charge in [-0.25, -0.2) is 4.68 Å². The van der Waals surface area contributed by atoms with Gasteiger partial charge in [-0.15, -0.1) is 11.8 Å². The first kappa shape index (κ1) is 29.2. The number of methoxy groups -OCH3 is 1. The number of para-hydroxylation sites is 1. The van der Waals surface area contributed by atoms with Crippen LogP contribution < -0.4 is 15.0 Å². The van der Waals surface area contributed by atoms with Gasteiger partial charge in [0.2, 0.25) is 11.8 Å². The summed E-state index contributed by atoms with van der Waals surface area (Å²) in [6.07, 6.45) is 1.95. The lowest BCUT2D eigenvalue weighted by molar-refractivity contribution is -0.123. The Balaban J connectivity index is 1.69. The topological polar surface area (TPSA) is 85.7 Å². The Hall–Kier alpha value is -3.30. The second-order valence-electron chi connectivity index (χ2n) is 11.9. The molecule has 5 rings (SSSR count). The Morgan fingerprint density at radius 3 is 2.66 bits per heavy atom. The monoisotopic (exact) mass is 576 g/mol. The van der Waals surface area contributed by atoms with E-state index in [0.717, 1.165) is 58.8 Å². The Kier molecular flexibility index (Phi) is 8.47. The van der Waals surface area contributed by atoms with Crippen molar-refractivity contribution in [3.8, 4) is 11.4 Å². The number of ether oxygens (including phenoxy) is 2. The van der Waals surface area contributed by atoms with E-state index >= 15 is 0 Å². The van der Waals surface area contributed by atoms with E-state index < -0.39 is 0 Å². The number of aromatic nitrogens is 2. The molecule has 2 aliphatic rings. The molecule has 0 spiro atoms. The fraction of sp³-hybridized carbons (Fsp3) is 0.469. The van der Waals surface area contributed by atoms with Gasteiger partial charge in [-0.05, 0) is 44.4 Å². The van der Waals surface area contributed by atoms with E-state index in [4.69, 9.17) is 14.6 Å². The Morgan fingerprint density at radius 1 is 1.20 bits per heavy atom. The molecule has 41 heavy (non-hydrogen) atoms. The number of nitrogens with one attached hydrogen (secondary N) is 1. The van der Waals surface area contributed by atoms with Crippen molar-refractivity contribution in [3.05, 3.63) is 70.4 Å². The van der Waals surface area contributed by atoms with E-state index in [0.29, 0.717) is 12.4 Å². The Labute approximate surface area is 246 Å². The van der Waals surface area contributed by atoms with Crippen LogP contribution in [-0.4, -0.2) is 60.3 Å². The number of amides is 2. The molecule has 2 amide bonds. The highest BCUT2D eigenvalue weighted by Crippen LogP contribution is 2.50. The summed E-state index contributed by atoms with van der Waals surface area (Å²) in [6.45, 7) is 11.6. The van der Waals surface area contributed by atoms with Gasteiger partial charge in [0.1, 0.15) is 18.1 Å². The Morgan fingerprint density at radius 2 is 1.98 bits per heavy atom. The molecule has 2 atom stereocenters. The minimum absolute atomic E-state index is 0.0213. The number of anilines is 1. The van der Waals surface area contributed by atoms with Crippen LogP contribution in [0.2, 0.25) is 0 Å². The van der Waals surface area contributed by atoms with Crippen LogP contribution in [0.25, 0.3) is 5.69 Å². The molecule has 2 aliphatic heterocycles. The molecule has 1 aromatic heterocycles. The zero-order chi connectivity index (χ0) is 29.3. The van der Waals surface area contributed by atoms with Gasteiger partial charge >= 0.3 is 0 Å². The number of rotatable bonds is 7. The van der Waals surface area contributed by atoms with E-state index in [9.17, 15) is 9.59 Å². The predicted molar refractivity (Wildman–Crippen MR) is 163 cm³/mol. The van der Waals surface area contributed by atoms with Crippen LogP contribution in [0.4, 0.5) is 5.82 Å². The molecule has 2 aromatic carbocycles. The summed E-state index contributed by atoms with van der Waals surface area (Å²) in [5.74, 6) is 1.26. The summed E-state index contributed by atoms with van der Waals surface area (Å²) in [4.78, 5) is 28.9. The number of carbonyl (C=O) groups is 2. The van der Waals surface area contributed by atoms with Gasteiger partial charge in [0.25, 0.3) is 0 Å². The average Bonchev–Trinajstić information content (AvgIpc) is 3.57. The number of fused-ring (bicyclic) bond motifs is 1. The molecule has 0 aliphatic carbocycles. The number of aryl methyl sites for hydroxylation is 2. The normalized spacial score (nSPS) is 19.2. The molecule has 1 N–H and O–H groups in total. The number of nitrogens with zero attached hydrogens (tertiary/aromatic N) is 3. The van der Waals surface area contributed by atoms with Crippen molar-refractivity contribution in [1.29, 1.82) is 0 Å². The quantitative estimate of drug-likeness (QED) is 0.413. The fourth-order valence-corrected chi connectivity index (χ4v) is 6.87. The van der Waals surface area contributed by atoms with Crippen molar-refractivity contribution in [2.24, 2.45) is 0 Å². The summed E-state index contributed by atoms with van der Waals surface area (Å²) in [6, 6.07) is 14.2. The largest absolute Gasteiger partial charge is 0.496 e. The van der Waals surface area contributed by atoms with Crippen LogP contribution in [0.3, 0.4) is 0 Å². The molecular weight excluding hydrogens is 536 g/mol. The van der Waals surface area contributed by atoms with Crippen molar-refractivity contribution in [3.63, 3.8) is 0 Å². The first-order valence-corrected chi connectivity index (χ1v) is 15.3. The predicted octanol–water partition coefficient (Wildman–Crippen LogP) is 5.26. The number of carbonyl (C=O) groups excluding carboxylic acids is 2. The van der Waals surface area contributed by atoms with Crippen LogP contribution in [-0.2, 0) is 19.7 Å². The molecule has 1 fully saturated rings. The van der Waals surface area contributed by atoms with Gasteiger partial charge in [0.05, 0.1) is 35.6 Å². The maximum absolute atomic E-state index is 13.9. The number of hydrogen-bond donors (Lipinski definition) is 1. The van der Waals surface area contributed by atoms with Crippen LogP contribution in [0, 0.1) is 13.8 Å². The highest BCUT2D eigenvalue weighted by atomic mass is 32.2. The number of thioether (sulfide) groups is 1. The second-order valence-corrected chi connectivity index (χ2v) is 13.0. The standard InChI is InChI=1S/C32H40N4O4S/c1-20-13-14-24(21(2)16-20)36-31-28(30(34-36)32(3,4)5)29(23-11-7-8-12-25(23)39-6)41-19-27(38)35(31)18-26(37)33-17-22-10-9-15-40-22/h7-8,11-14,16,22,29H,9-10,15,17-19H2,1-6H3,(H,33,37)/t22-,29-/m0/s1. The van der Waals surface area contributed by atoms with Crippen molar-refractivity contribution in [2.75, 3.05) is 37.5 Å². The smallest absolute Gasteiger partial charge is 0.240 e. The van der Waals surface area contributed by atoms with Crippen LogP contribution in [0.5, 0.6) is 5.75 Å². The third-order valence-corrected chi connectivity index (χ3v) is 8.89. The van der Waals surface area contributed by atoms with Gasteiger partial charge in [-0.2, -0.15) is 5.10 Å². The summed E-state index contributed by atoms with van der Waals surface area (Å²) < 4.78 is 13.4. The number of benzene rings is 2. The minimum Gasteiger partial charge on any atom is -0.496 e. The van der Waals surface area contributed by atoms with Gasteiger partial charge in [0, 0.05) is 29.7 Å². The highest BCUT2D eigenvalue weighted by molar-refractivity contribution is 8.00. The SMILES string of the molecule is COc1ccccc1[C@@H]1SCC(=O)N(CC(=O)NC[C@@H]2CCCO2)c2c1c(C(C)(C)C)nn2-c1ccc(C)cc1C. The van der Waals surface area contributed by atoms with Gasteiger partial charge in [0.15, 0.2) is 0 Å². The third kappa shape index (κ3) is 6.02. The Bertz CT molecular complexity index is 1440. The molecule has 0 unspecified atom stereocenters. The van der Waals surface area contributed by atoms with Gasteiger partial charge in [-0.3, -0.25) is 14.5 Å². The molecule has 218 valence electrons. The van der Waals surface area contributed by atoms with Crippen molar-refractivity contribution in [1.82, 2.24) is 15.1 Å². The second kappa shape index (κ2) is 11.9. The van der Waals surface area contributed by atoms with Gasteiger partial charge in [-0.1, -0.05) is 56.7 Å². The van der Waals surface area contributed by atoms with E-state index in [1.807, 2.05) is 28.9 Å². The molecule has 0 radical (unpaired) electrons. The summed E-state index contributed by atoms with van der Waals surface area (Å²) in [7, 11) is 1.67. The van der Waals surface area contributed by atoms with Crippen LogP contribution in [0.15, 0.2) is 42.5 Å². The lowest BCUT2D eigenvalue weighted by Gasteiger charge is -2.25. The van der Waals surface area contributed by atoms with Crippen molar-refractivity contribution >= 4 is 29.4 Å². The number of hydrogen-bond acceptors (Lipinski definition) is 6. The van der Waals surface area contributed by atoms with E-state index in [1.165, 1.54) is 0 Å². The summed E-state index contributed by atoms with van der Waals surface area (Å²) in [5, 5.41) is 8.00. The zero-order valence-corrected chi connectivity index (χ0v) is 25.6. The van der Waals surface area contributed by atoms with Crippen LogP contribution >= 0.6 is 11.8 Å². The molecule has 3 aromatic rings. The molecule has 3 heterocycles. The first-order chi connectivity index (χ1) is 19.6. The molecule has 9 heteroatoms. The molecule has 1 saturated heterocycles. The minimum atomic E-state index is -0.337. The fourth-order valence-electron chi connectivity index (χ4n) is 5.65. The summed E-state index contributed by atoms with van der Waals surface area (Å²) >= 11 is 1.55. The maximum Gasteiger partial charge on any atom is 0.240 e. The molecular formula is C32H40N4O4S. The molecule has 0 saturated carbocycles. The van der Waals surface area contributed by atoms with Crippen LogP contribution in [0.1, 0.15) is 66.8 Å². The lowest BCUT2D eigenvalue weighted by Crippen LogP contribution is -2.44. The molecule has 0 bridgehead atoms. The highest BCUT2D eigenvalue weighted by Gasteiger charge is 2.41. The summed E-state index contributed by atoms with van der Waals surface area (Å²) in [5.41, 5.74) is 5.52. The first-order valence-electron chi connectivity index (χ1n) is 14.2. The van der Waals surface area contributed by atoms with Gasteiger partial charge < -0.3 is 14.8 Å².